The van der Waals surface area contributed by atoms with Crippen LogP contribution in [-0.4, -0.2) is 62.9 Å². The van der Waals surface area contributed by atoms with Gasteiger partial charge in [-0.2, -0.15) is 0 Å². The Morgan fingerprint density at radius 1 is 1.24 bits per heavy atom. The number of rotatable bonds is 4. The zero-order chi connectivity index (χ0) is 22.5. The van der Waals surface area contributed by atoms with Crippen molar-refractivity contribution in [1.29, 1.82) is 0 Å². The molecule has 2 aromatic rings. The number of amides is 3. The van der Waals surface area contributed by atoms with Crippen LogP contribution in [0.4, 0.5) is 10.6 Å². The van der Waals surface area contributed by atoms with Crippen molar-refractivity contribution in [3.05, 3.63) is 54.1 Å². The average molecular weight is 447 g/mol. The molecule has 2 bridgehead atoms. The molecule has 2 fully saturated rings. The summed E-state index contributed by atoms with van der Waals surface area (Å²) in [5.41, 5.74) is 1.72. The van der Waals surface area contributed by atoms with E-state index < -0.39 is 6.04 Å². The summed E-state index contributed by atoms with van der Waals surface area (Å²) in [6.45, 7) is 3.42. The maximum Gasteiger partial charge on any atom is 0.328 e. The molecular formula is C23H25N7O3. The molecule has 0 spiro atoms. The van der Waals surface area contributed by atoms with Crippen LogP contribution in [-0.2, 0) is 4.79 Å². The predicted molar refractivity (Wildman–Crippen MR) is 120 cm³/mol. The number of aryl methyl sites for hydroxylation is 1. The first kappa shape index (κ1) is 19.8. The quantitative estimate of drug-likeness (QED) is 0.656. The third kappa shape index (κ3) is 3.71. The summed E-state index contributed by atoms with van der Waals surface area (Å²) in [7, 11) is 0. The van der Waals surface area contributed by atoms with Crippen LogP contribution in [0.15, 0.2) is 52.6 Å². The zero-order valence-corrected chi connectivity index (χ0v) is 18.2. The summed E-state index contributed by atoms with van der Waals surface area (Å²) >= 11 is 0. The molecule has 170 valence electrons. The Balaban J connectivity index is 1.24. The standard InChI is InChI=1S/C23H25N7O3/c1-13-25-11-19(33-13)14-6-8-24-20(10-14)28-23(32)30-16-7-9-29(12-16)18-5-4-17(27-21(18)30)22(31)26-15-2-3-15/h4-6,8,10-11,15-17,27H,2-3,7,9,12H2,1H3,(H,26,31)(H,24,28,32)/t16-,17?/m0/s1. The number of carbonyl (C=O) groups excluding carboxylic acids is 2. The van der Waals surface area contributed by atoms with Gasteiger partial charge in [-0.25, -0.2) is 14.8 Å². The number of pyridine rings is 1. The first-order chi connectivity index (χ1) is 16.0. The molecule has 1 unspecified atom stereocenters. The molecule has 1 aliphatic carbocycles. The highest BCUT2D eigenvalue weighted by Crippen LogP contribution is 2.34. The van der Waals surface area contributed by atoms with Crippen molar-refractivity contribution < 1.29 is 14.0 Å². The van der Waals surface area contributed by atoms with Gasteiger partial charge in [-0.3, -0.25) is 15.0 Å². The molecule has 0 radical (unpaired) electrons. The number of aromatic nitrogens is 2. The van der Waals surface area contributed by atoms with Crippen LogP contribution in [0.2, 0.25) is 0 Å². The second-order valence-electron chi connectivity index (χ2n) is 8.86. The molecule has 3 aliphatic heterocycles. The zero-order valence-electron chi connectivity index (χ0n) is 18.2. The Labute approximate surface area is 190 Å². The van der Waals surface area contributed by atoms with Gasteiger partial charge < -0.3 is 20.0 Å². The SMILES string of the molecule is Cc1ncc(-c2ccnc(NC(=O)N3C4=C(C=CC(C(=O)NC5CC5)N4)N4CC[C@H]3C4)c2)o1. The summed E-state index contributed by atoms with van der Waals surface area (Å²) in [4.78, 5) is 38.5. The third-order valence-electron chi connectivity index (χ3n) is 6.42. The average Bonchev–Trinajstić information content (AvgIpc) is 3.36. The van der Waals surface area contributed by atoms with Crippen molar-refractivity contribution in [2.75, 3.05) is 18.4 Å². The van der Waals surface area contributed by atoms with Crippen LogP contribution in [0.25, 0.3) is 11.3 Å². The first-order valence-electron chi connectivity index (χ1n) is 11.3. The number of urea groups is 1. The highest BCUT2D eigenvalue weighted by molar-refractivity contribution is 5.91. The molecule has 10 heteroatoms. The Morgan fingerprint density at radius 2 is 2.12 bits per heavy atom. The number of nitrogens with one attached hydrogen (secondary N) is 3. The lowest BCUT2D eigenvalue weighted by Gasteiger charge is -2.40. The highest BCUT2D eigenvalue weighted by Gasteiger charge is 2.43. The van der Waals surface area contributed by atoms with Gasteiger partial charge in [0.25, 0.3) is 0 Å². The Hall–Kier alpha value is -3.82. The summed E-state index contributed by atoms with van der Waals surface area (Å²) < 4.78 is 5.59. The Kier molecular flexibility index (Phi) is 4.60. The summed E-state index contributed by atoms with van der Waals surface area (Å²) in [6.07, 6.45) is 10.0. The number of anilines is 1. The molecule has 5 heterocycles. The number of hydrogen-bond acceptors (Lipinski definition) is 7. The van der Waals surface area contributed by atoms with Gasteiger partial charge in [0.2, 0.25) is 5.91 Å². The van der Waals surface area contributed by atoms with Crippen molar-refractivity contribution in [1.82, 2.24) is 30.4 Å². The van der Waals surface area contributed by atoms with Crippen molar-refractivity contribution in [2.45, 2.75) is 44.3 Å². The number of carbonyl (C=O) groups is 2. The minimum atomic E-state index is -0.505. The number of nitrogens with zero attached hydrogens (tertiary/aromatic N) is 4. The van der Waals surface area contributed by atoms with Gasteiger partial charge in [-0.1, -0.05) is 6.08 Å². The normalized spacial score (nSPS) is 23.3. The summed E-state index contributed by atoms with van der Waals surface area (Å²) in [5.74, 6) is 2.21. The molecule has 1 saturated heterocycles. The number of allylic oxidation sites excluding steroid dienone is 1. The third-order valence-corrected chi connectivity index (χ3v) is 6.42. The van der Waals surface area contributed by atoms with Crippen molar-refractivity contribution in [2.24, 2.45) is 0 Å². The lowest BCUT2D eigenvalue weighted by atomic mass is 10.1. The topological polar surface area (TPSA) is 116 Å². The van der Waals surface area contributed by atoms with E-state index >= 15 is 0 Å². The predicted octanol–water partition coefficient (Wildman–Crippen LogP) is 1.94. The molecule has 33 heavy (non-hydrogen) atoms. The highest BCUT2D eigenvalue weighted by atomic mass is 16.4. The van der Waals surface area contributed by atoms with Gasteiger partial charge in [0.15, 0.2) is 11.7 Å². The molecule has 0 aromatic carbocycles. The van der Waals surface area contributed by atoms with E-state index in [2.05, 4.69) is 30.8 Å². The van der Waals surface area contributed by atoms with E-state index in [0.29, 0.717) is 23.3 Å². The van der Waals surface area contributed by atoms with E-state index in [1.165, 1.54) is 0 Å². The van der Waals surface area contributed by atoms with Gasteiger partial charge >= 0.3 is 6.03 Å². The number of hydrogen-bond donors (Lipinski definition) is 3. The fraction of sp³-hybridized carbons (Fsp3) is 0.391. The van der Waals surface area contributed by atoms with Crippen LogP contribution in [0.5, 0.6) is 0 Å². The molecule has 6 rings (SSSR count). The second kappa shape index (κ2) is 7.65. The van der Waals surface area contributed by atoms with E-state index in [1.807, 2.05) is 18.2 Å². The van der Waals surface area contributed by atoms with Crippen LogP contribution in [0.3, 0.4) is 0 Å². The van der Waals surface area contributed by atoms with Gasteiger partial charge in [-0.15, -0.1) is 0 Å². The molecule has 4 aliphatic rings. The maximum atomic E-state index is 13.4. The van der Waals surface area contributed by atoms with E-state index in [-0.39, 0.29) is 24.0 Å². The fourth-order valence-electron chi connectivity index (χ4n) is 4.59. The minimum Gasteiger partial charge on any atom is -0.441 e. The smallest absolute Gasteiger partial charge is 0.328 e. The molecule has 2 aromatic heterocycles. The Morgan fingerprint density at radius 3 is 2.91 bits per heavy atom. The molecule has 2 atom stereocenters. The van der Waals surface area contributed by atoms with Crippen molar-refractivity contribution in [3.63, 3.8) is 0 Å². The fourth-order valence-corrected chi connectivity index (χ4v) is 4.59. The van der Waals surface area contributed by atoms with Gasteiger partial charge in [0.1, 0.15) is 17.7 Å². The van der Waals surface area contributed by atoms with E-state index in [0.717, 1.165) is 43.6 Å². The van der Waals surface area contributed by atoms with Gasteiger partial charge in [0, 0.05) is 37.8 Å². The van der Waals surface area contributed by atoms with Gasteiger partial charge in [0.05, 0.1) is 17.9 Å². The monoisotopic (exact) mass is 447 g/mol. The molecule has 3 N–H and O–H groups in total. The molecule has 10 nitrogen and oxygen atoms in total. The molecule has 1 saturated carbocycles. The van der Waals surface area contributed by atoms with E-state index in [9.17, 15) is 9.59 Å². The molecule has 3 amide bonds. The number of dihydropyridines is 1. The van der Waals surface area contributed by atoms with E-state index in [1.54, 1.807) is 30.3 Å². The van der Waals surface area contributed by atoms with Crippen molar-refractivity contribution >= 4 is 17.8 Å². The lowest BCUT2D eigenvalue weighted by Crippen LogP contribution is -2.56. The van der Waals surface area contributed by atoms with Crippen LogP contribution >= 0.6 is 0 Å². The second-order valence-corrected chi connectivity index (χ2v) is 8.86. The lowest BCUT2D eigenvalue weighted by molar-refractivity contribution is -0.122. The number of fused-ring (bicyclic) bond motifs is 3. The number of oxazole rings is 1. The summed E-state index contributed by atoms with van der Waals surface area (Å²) in [5, 5.41) is 9.27. The minimum absolute atomic E-state index is 0.0231. The summed E-state index contributed by atoms with van der Waals surface area (Å²) in [6, 6.07) is 3.09. The van der Waals surface area contributed by atoms with Crippen LogP contribution in [0, 0.1) is 6.92 Å². The first-order valence-corrected chi connectivity index (χ1v) is 11.3. The van der Waals surface area contributed by atoms with Crippen molar-refractivity contribution in [3.8, 4) is 11.3 Å². The molecular weight excluding hydrogens is 422 g/mol. The van der Waals surface area contributed by atoms with Crippen LogP contribution in [0.1, 0.15) is 25.2 Å². The maximum absolute atomic E-state index is 13.4. The van der Waals surface area contributed by atoms with Crippen LogP contribution < -0.4 is 16.0 Å². The largest absolute Gasteiger partial charge is 0.441 e. The van der Waals surface area contributed by atoms with E-state index in [4.69, 9.17) is 4.42 Å². The van der Waals surface area contributed by atoms with Gasteiger partial charge in [-0.05, 0) is 37.5 Å². The Bertz CT molecular complexity index is 1180.